The van der Waals surface area contributed by atoms with Gasteiger partial charge < -0.3 is 10.2 Å². The molecule has 1 aromatic rings. The molecule has 20 heavy (non-hydrogen) atoms. The van der Waals surface area contributed by atoms with E-state index in [1.165, 1.54) is 6.20 Å². The van der Waals surface area contributed by atoms with Gasteiger partial charge in [-0.3, -0.25) is 4.90 Å². The van der Waals surface area contributed by atoms with Gasteiger partial charge in [-0.25, -0.2) is 4.98 Å². The van der Waals surface area contributed by atoms with Gasteiger partial charge in [0, 0.05) is 51.5 Å². The Kier molecular flexibility index (Phi) is 3.55. The molecule has 4 nitrogen and oxygen atoms in total. The maximum Gasteiger partial charge on any atom is 0.416 e. The van der Waals surface area contributed by atoms with Crippen molar-refractivity contribution < 1.29 is 13.2 Å². The van der Waals surface area contributed by atoms with Gasteiger partial charge in [0.05, 0.1) is 5.56 Å². The molecule has 0 aliphatic carbocycles. The average molecular weight is 286 g/mol. The standard InChI is InChI=1S/C13H17F3N4/c14-13(15,16)10-1-2-18-12(7-10)20-5-3-19(4-6-20)11-8-17-9-11/h1-2,7,11,17H,3-6,8-9H2. The summed E-state index contributed by atoms with van der Waals surface area (Å²) < 4.78 is 38.1. The summed E-state index contributed by atoms with van der Waals surface area (Å²) in [5.74, 6) is 0.422. The second-order valence-electron chi connectivity index (χ2n) is 5.24. The molecule has 0 spiro atoms. The van der Waals surface area contributed by atoms with Crippen LogP contribution in [-0.4, -0.2) is 55.2 Å². The number of piperazine rings is 1. The Balaban J connectivity index is 1.65. The fourth-order valence-electron chi connectivity index (χ4n) is 2.62. The molecule has 0 amide bonds. The van der Waals surface area contributed by atoms with E-state index in [0.29, 0.717) is 11.9 Å². The molecule has 0 atom stereocenters. The van der Waals surface area contributed by atoms with Crippen LogP contribution in [0, 0.1) is 0 Å². The third kappa shape index (κ3) is 2.73. The molecule has 1 aromatic heterocycles. The van der Waals surface area contributed by atoms with Crippen LogP contribution in [0.3, 0.4) is 0 Å². The number of hydrogen-bond acceptors (Lipinski definition) is 4. The number of nitrogens with zero attached hydrogens (tertiary/aromatic N) is 3. The third-order valence-electron chi connectivity index (χ3n) is 3.99. The van der Waals surface area contributed by atoms with Gasteiger partial charge in [0.2, 0.25) is 0 Å². The number of nitrogens with one attached hydrogen (secondary N) is 1. The molecule has 2 aliphatic heterocycles. The van der Waals surface area contributed by atoms with Crippen LogP contribution in [0.1, 0.15) is 5.56 Å². The molecule has 0 radical (unpaired) electrons. The number of anilines is 1. The molecule has 0 bridgehead atoms. The van der Waals surface area contributed by atoms with E-state index >= 15 is 0 Å². The summed E-state index contributed by atoms with van der Waals surface area (Å²) in [6, 6.07) is 2.74. The van der Waals surface area contributed by atoms with Crippen molar-refractivity contribution in [3.05, 3.63) is 23.9 Å². The monoisotopic (exact) mass is 286 g/mol. The minimum absolute atomic E-state index is 0.422. The lowest BCUT2D eigenvalue weighted by Gasteiger charge is -2.43. The molecule has 3 heterocycles. The predicted octanol–water partition coefficient (Wildman–Crippen LogP) is 1.19. The minimum atomic E-state index is -4.31. The van der Waals surface area contributed by atoms with Crippen molar-refractivity contribution in [1.82, 2.24) is 15.2 Å². The number of hydrogen-bond donors (Lipinski definition) is 1. The fraction of sp³-hybridized carbons (Fsp3) is 0.615. The van der Waals surface area contributed by atoms with Crippen molar-refractivity contribution in [2.24, 2.45) is 0 Å². The highest BCUT2D eigenvalue weighted by Gasteiger charge is 2.32. The quantitative estimate of drug-likeness (QED) is 0.885. The summed E-state index contributed by atoms with van der Waals surface area (Å²) in [5, 5.41) is 3.23. The highest BCUT2D eigenvalue weighted by Crippen LogP contribution is 2.30. The number of aromatic nitrogens is 1. The van der Waals surface area contributed by atoms with Crippen molar-refractivity contribution in [1.29, 1.82) is 0 Å². The van der Waals surface area contributed by atoms with Crippen molar-refractivity contribution in [3.8, 4) is 0 Å². The van der Waals surface area contributed by atoms with E-state index in [-0.39, 0.29) is 0 Å². The van der Waals surface area contributed by atoms with Crippen LogP contribution in [0.5, 0.6) is 0 Å². The number of pyridine rings is 1. The highest BCUT2D eigenvalue weighted by molar-refractivity contribution is 5.42. The van der Waals surface area contributed by atoms with Crippen LogP contribution in [0.2, 0.25) is 0 Å². The van der Waals surface area contributed by atoms with E-state index in [4.69, 9.17) is 0 Å². The van der Waals surface area contributed by atoms with Gasteiger partial charge in [-0.15, -0.1) is 0 Å². The van der Waals surface area contributed by atoms with Crippen molar-refractivity contribution >= 4 is 5.82 Å². The molecule has 0 aromatic carbocycles. The van der Waals surface area contributed by atoms with Crippen LogP contribution >= 0.6 is 0 Å². The van der Waals surface area contributed by atoms with E-state index in [2.05, 4.69) is 15.2 Å². The molecule has 2 saturated heterocycles. The first kappa shape index (κ1) is 13.6. The Labute approximate surface area is 115 Å². The number of alkyl halides is 3. The van der Waals surface area contributed by atoms with Gasteiger partial charge in [-0.2, -0.15) is 13.2 Å². The summed E-state index contributed by atoms with van der Waals surface area (Å²) in [5.41, 5.74) is -0.631. The summed E-state index contributed by atoms with van der Waals surface area (Å²) in [4.78, 5) is 8.39. The fourth-order valence-corrected chi connectivity index (χ4v) is 2.62. The molecule has 7 heteroatoms. The zero-order chi connectivity index (χ0) is 14.2. The smallest absolute Gasteiger partial charge is 0.354 e. The van der Waals surface area contributed by atoms with Crippen molar-refractivity contribution in [3.63, 3.8) is 0 Å². The Morgan fingerprint density at radius 2 is 1.85 bits per heavy atom. The molecule has 0 saturated carbocycles. The maximum absolute atomic E-state index is 12.7. The van der Waals surface area contributed by atoms with Gasteiger partial charge in [0.15, 0.2) is 0 Å². The first-order valence-electron chi connectivity index (χ1n) is 6.77. The second kappa shape index (κ2) is 5.21. The van der Waals surface area contributed by atoms with Crippen LogP contribution < -0.4 is 10.2 Å². The average Bonchev–Trinajstić information content (AvgIpc) is 2.37. The maximum atomic E-state index is 12.7. The normalized spacial score (nSPS) is 21.9. The highest BCUT2D eigenvalue weighted by atomic mass is 19.4. The number of halogens is 3. The summed E-state index contributed by atoms with van der Waals surface area (Å²) in [7, 11) is 0. The van der Waals surface area contributed by atoms with Gasteiger partial charge in [-0.05, 0) is 12.1 Å². The van der Waals surface area contributed by atoms with E-state index in [1.807, 2.05) is 4.90 Å². The molecule has 110 valence electrons. The minimum Gasteiger partial charge on any atom is -0.354 e. The van der Waals surface area contributed by atoms with E-state index < -0.39 is 11.7 Å². The largest absolute Gasteiger partial charge is 0.416 e. The van der Waals surface area contributed by atoms with Crippen LogP contribution in [0.25, 0.3) is 0 Å². The Bertz CT molecular complexity index is 465. The molecule has 0 unspecified atom stereocenters. The summed E-state index contributed by atoms with van der Waals surface area (Å²) in [6.45, 7) is 5.24. The van der Waals surface area contributed by atoms with Gasteiger partial charge in [0.1, 0.15) is 5.82 Å². The van der Waals surface area contributed by atoms with Gasteiger partial charge in [-0.1, -0.05) is 0 Å². The summed E-state index contributed by atoms with van der Waals surface area (Å²) in [6.07, 6.45) is -3.07. The molecule has 1 N–H and O–H groups in total. The lowest BCUT2D eigenvalue weighted by atomic mass is 10.1. The van der Waals surface area contributed by atoms with Crippen LogP contribution in [0.4, 0.5) is 19.0 Å². The Morgan fingerprint density at radius 1 is 1.15 bits per heavy atom. The van der Waals surface area contributed by atoms with E-state index in [1.54, 1.807) is 0 Å². The van der Waals surface area contributed by atoms with E-state index in [9.17, 15) is 13.2 Å². The zero-order valence-electron chi connectivity index (χ0n) is 11.0. The third-order valence-corrected chi connectivity index (χ3v) is 3.99. The van der Waals surface area contributed by atoms with Gasteiger partial charge >= 0.3 is 6.18 Å². The number of rotatable bonds is 2. The van der Waals surface area contributed by atoms with Crippen LogP contribution in [0.15, 0.2) is 18.3 Å². The second-order valence-corrected chi connectivity index (χ2v) is 5.24. The topological polar surface area (TPSA) is 31.4 Å². The lowest BCUT2D eigenvalue weighted by Crippen LogP contribution is -2.61. The SMILES string of the molecule is FC(F)(F)c1ccnc(N2CCN(C3CNC3)CC2)c1. The first-order valence-corrected chi connectivity index (χ1v) is 6.77. The van der Waals surface area contributed by atoms with Crippen molar-refractivity contribution in [2.75, 3.05) is 44.2 Å². The summed E-state index contributed by atoms with van der Waals surface area (Å²) >= 11 is 0. The Morgan fingerprint density at radius 3 is 2.40 bits per heavy atom. The van der Waals surface area contributed by atoms with E-state index in [0.717, 1.165) is 51.4 Å². The predicted molar refractivity (Wildman–Crippen MR) is 69.7 cm³/mol. The Hall–Kier alpha value is -1.34. The van der Waals surface area contributed by atoms with Crippen molar-refractivity contribution in [2.45, 2.75) is 12.2 Å². The van der Waals surface area contributed by atoms with Gasteiger partial charge in [0.25, 0.3) is 0 Å². The zero-order valence-corrected chi connectivity index (χ0v) is 11.0. The molecule has 2 aliphatic rings. The molecular formula is C13H17F3N4. The molecule has 2 fully saturated rings. The lowest BCUT2D eigenvalue weighted by molar-refractivity contribution is -0.137. The molecular weight excluding hydrogens is 269 g/mol. The molecule has 3 rings (SSSR count). The first-order chi connectivity index (χ1) is 9.54. The van der Waals surface area contributed by atoms with Crippen LogP contribution in [-0.2, 0) is 6.18 Å².